The number of carbonyl (C=O) groups excluding carboxylic acids is 1. The third-order valence-electron chi connectivity index (χ3n) is 3.94. The molecule has 0 saturated carbocycles. The fraction of sp³-hybridized carbons (Fsp3) is 0.824. The van der Waals surface area contributed by atoms with Crippen LogP contribution in [0.3, 0.4) is 0 Å². The van der Waals surface area contributed by atoms with Crippen LogP contribution in [0.4, 0.5) is 0 Å². The summed E-state index contributed by atoms with van der Waals surface area (Å²) >= 11 is 0. The fourth-order valence-electron chi connectivity index (χ4n) is 2.20. The van der Waals surface area contributed by atoms with Crippen molar-refractivity contribution in [2.24, 2.45) is 0 Å². The number of esters is 1. The summed E-state index contributed by atoms with van der Waals surface area (Å²) in [5.74, 6) is -0.587. The summed E-state index contributed by atoms with van der Waals surface area (Å²) in [5, 5.41) is 0. The Morgan fingerprint density at radius 1 is 1.28 bits per heavy atom. The first kappa shape index (κ1) is 24.3. The summed E-state index contributed by atoms with van der Waals surface area (Å²) in [6.07, 6.45) is 4.79. The smallest absolute Gasteiger partial charge is 0.459 e. The van der Waals surface area contributed by atoms with Crippen LogP contribution in [-0.2, 0) is 23.1 Å². The van der Waals surface area contributed by atoms with E-state index < -0.39 is 25.6 Å². The quantitative estimate of drug-likeness (QED) is 0.212. The molecule has 0 aromatic heterocycles. The van der Waals surface area contributed by atoms with Gasteiger partial charge >= 0.3 is 13.8 Å². The van der Waals surface area contributed by atoms with Crippen LogP contribution in [0.1, 0.15) is 59.3 Å². The van der Waals surface area contributed by atoms with Gasteiger partial charge in [0.25, 0.3) is 0 Å². The fourth-order valence-corrected chi connectivity index (χ4v) is 3.54. The van der Waals surface area contributed by atoms with Crippen LogP contribution >= 0.6 is 7.82 Å². The number of phosphoric ester groups is 1. The Hall–Kier alpha value is -0.720. The normalized spacial score (nSPS) is 15.6. The molecule has 0 fully saturated rings. The topological polar surface area (TPSA) is 85.3 Å². The van der Waals surface area contributed by atoms with Crippen molar-refractivity contribution >= 4 is 13.8 Å². The largest absolute Gasteiger partial charge is 0.474 e. The van der Waals surface area contributed by atoms with Gasteiger partial charge in [0.2, 0.25) is 0 Å². The molecule has 0 aliphatic carbocycles. The van der Waals surface area contributed by atoms with Gasteiger partial charge < -0.3 is 9.63 Å². The van der Waals surface area contributed by atoms with E-state index in [1.165, 1.54) is 0 Å². The molecule has 148 valence electrons. The highest BCUT2D eigenvalue weighted by molar-refractivity contribution is 7.47. The number of rotatable bonds is 14. The first-order valence-electron chi connectivity index (χ1n) is 8.79. The zero-order chi connectivity index (χ0) is 19.5. The maximum absolute atomic E-state index is 12.5. The minimum absolute atomic E-state index is 0.109. The highest BCUT2D eigenvalue weighted by Gasteiger charge is 2.41. The molecule has 1 N–H and O–H groups in total. The van der Waals surface area contributed by atoms with Gasteiger partial charge in [0.15, 0.2) is 0 Å². The van der Waals surface area contributed by atoms with Crippen LogP contribution in [0.2, 0.25) is 0 Å². The van der Waals surface area contributed by atoms with Gasteiger partial charge in [-0.15, -0.1) is 0 Å². The Bertz CT molecular complexity index is 446. The number of hydrogen-bond acceptors (Lipinski definition) is 6. The van der Waals surface area contributed by atoms with Crippen molar-refractivity contribution in [3.05, 3.63) is 12.7 Å². The highest BCUT2D eigenvalue weighted by Crippen LogP contribution is 2.51. The molecule has 25 heavy (non-hydrogen) atoms. The van der Waals surface area contributed by atoms with E-state index in [2.05, 4.69) is 6.58 Å². The monoisotopic (exact) mass is 379 g/mol. The Labute approximate surface area is 151 Å². The van der Waals surface area contributed by atoms with Crippen molar-refractivity contribution in [3.63, 3.8) is 0 Å². The van der Waals surface area contributed by atoms with Crippen molar-refractivity contribution in [3.8, 4) is 0 Å². The molecule has 0 aromatic rings. The number of carbonyl (C=O) groups is 1. The van der Waals surface area contributed by atoms with Crippen LogP contribution in [0.15, 0.2) is 12.7 Å². The molecule has 0 rings (SSSR count). The Morgan fingerprint density at radius 2 is 1.80 bits per heavy atom. The number of nitrogens with zero attached hydrogens (tertiary/aromatic N) is 1. The van der Waals surface area contributed by atoms with Crippen LogP contribution in [0, 0.1) is 0 Å². The molecule has 0 radical (unpaired) electrons. The standard InChI is InChI=1S/C17H34NO6P/c1-7-10-12-17(13-11-8-2,14-22-16(19)9-3)24-25(20,21)23-15(4)18(5)6/h9,15H,3,7-8,10-14H2,1-2,4-6H3,(H,20,21). The molecule has 0 bridgehead atoms. The van der Waals surface area contributed by atoms with Crippen molar-refractivity contribution in [2.75, 3.05) is 20.7 Å². The summed E-state index contributed by atoms with van der Waals surface area (Å²) in [4.78, 5) is 23.3. The molecular weight excluding hydrogens is 345 g/mol. The summed E-state index contributed by atoms with van der Waals surface area (Å²) < 4.78 is 28.5. The maximum Gasteiger partial charge on any atom is 0.474 e. The molecule has 0 saturated heterocycles. The second-order valence-corrected chi connectivity index (χ2v) is 7.76. The van der Waals surface area contributed by atoms with Crippen LogP contribution < -0.4 is 0 Å². The van der Waals surface area contributed by atoms with Crippen LogP contribution in [0.5, 0.6) is 0 Å². The molecule has 8 heteroatoms. The Kier molecular flexibility index (Phi) is 11.5. The molecule has 0 heterocycles. The van der Waals surface area contributed by atoms with E-state index in [0.29, 0.717) is 12.8 Å². The van der Waals surface area contributed by atoms with Crippen LogP contribution in [-0.4, -0.2) is 48.3 Å². The number of ether oxygens (including phenoxy) is 1. The van der Waals surface area contributed by atoms with Gasteiger partial charge in [-0.05, 0) is 33.9 Å². The first-order chi connectivity index (χ1) is 11.6. The summed E-state index contributed by atoms with van der Waals surface area (Å²) in [6, 6.07) is 0. The SMILES string of the molecule is C=CC(=O)OCC(CCCC)(CCCC)OP(=O)(O)OC(C)N(C)C. The van der Waals surface area contributed by atoms with Gasteiger partial charge in [-0.2, -0.15) is 0 Å². The van der Waals surface area contributed by atoms with E-state index in [1.807, 2.05) is 13.8 Å². The minimum Gasteiger partial charge on any atom is -0.459 e. The first-order valence-corrected chi connectivity index (χ1v) is 10.3. The van der Waals surface area contributed by atoms with Gasteiger partial charge in [0, 0.05) is 6.08 Å². The van der Waals surface area contributed by atoms with Crippen molar-refractivity contribution in [1.82, 2.24) is 4.90 Å². The van der Waals surface area contributed by atoms with E-state index >= 15 is 0 Å². The second-order valence-electron chi connectivity index (χ2n) is 6.43. The van der Waals surface area contributed by atoms with Crippen molar-refractivity contribution in [1.29, 1.82) is 0 Å². The van der Waals surface area contributed by atoms with Crippen molar-refractivity contribution in [2.45, 2.75) is 71.1 Å². The Morgan fingerprint density at radius 3 is 2.20 bits per heavy atom. The lowest BCUT2D eigenvalue weighted by Crippen LogP contribution is -2.39. The van der Waals surface area contributed by atoms with E-state index in [1.54, 1.807) is 25.9 Å². The molecule has 0 spiro atoms. The van der Waals surface area contributed by atoms with Gasteiger partial charge in [-0.3, -0.25) is 13.9 Å². The van der Waals surface area contributed by atoms with E-state index in [4.69, 9.17) is 13.8 Å². The predicted octanol–water partition coefficient (Wildman–Crippen LogP) is 3.88. The van der Waals surface area contributed by atoms with E-state index in [-0.39, 0.29) is 6.61 Å². The zero-order valence-corrected chi connectivity index (χ0v) is 17.1. The molecule has 0 amide bonds. The Balaban J connectivity index is 5.36. The number of hydrogen-bond donors (Lipinski definition) is 1. The maximum atomic E-state index is 12.5. The van der Waals surface area contributed by atoms with Crippen LogP contribution in [0.25, 0.3) is 0 Å². The van der Waals surface area contributed by atoms with E-state index in [9.17, 15) is 14.3 Å². The van der Waals surface area contributed by atoms with Gasteiger partial charge in [-0.25, -0.2) is 9.36 Å². The number of unbranched alkanes of at least 4 members (excludes halogenated alkanes) is 2. The molecule has 7 nitrogen and oxygen atoms in total. The zero-order valence-electron chi connectivity index (χ0n) is 16.2. The molecule has 0 aromatic carbocycles. The summed E-state index contributed by atoms with van der Waals surface area (Å²) in [6.45, 7) is 8.95. The third kappa shape index (κ3) is 10.1. The van der Waals surface area contributed by atoms with Gasteiger partial charge in [0.1, 0.15) is 18.4 Å². The lowest BCUT2D eigenvalue weighted by Gasteiger charge is -2.35. The average molecular weight is 379 g/mol. The lowest BCUT2D eigenvalue weighted by atomic mass is 9.92. The third-order valence-corrected chi connectivity index (χ3v) is 5.13. The molecule has 0 aliphatic heterocycles. The van der Waals surface area contributed by atoms with Gasteiger partial charge in [-0.1, -0.05) is 46.1 Å². The summed E-state index contributed by atoms with van der Waals surface area (Å²) in [5.41, 5.74) is -1.05. The molecule has 2 atom stereocenters. The second kappa shape index (κ2) is 11.8. The van der Waals surface area contributed by atoms with E-state index in [0.717, 1.165) is 31.8 Å². The van der Waals surface area contributed by atoms with Crippen molar-refractivity contribution < 1.29 is 28.0 Å². The lowest BCUT2D eigenvalue weighted by molar-refractivity contribution is -0.146. The molecule has 2 unspecified atom stereocenters. The minimum atomic E-state index is -4.33. The van der Waals surface area contributed by atoms with Gasteiger partial charge in [0.05, 0.1) is 0 Å². The molecular formula is C17H34NO6P. The number of phosphoric acid groups is 1. The summed E-state index contributed by atoms with van der Waals surface area (Å²) in [7, 11) is -0.864. The molecule has 0 aliphatic rings. The predicted molar refractivity (Wildman–Crippen MR) is 98.1 cm³/mol. The average Bonchev–Trinajstić information content (AvgIpc) is 2.54. The highest BCUT2D eigenvalue weighted by atomic mass is 31.2.